The highest BCUT2D eigenvalue weighted by Gasteiger charge is 2.25. The minimum atomic E-state index is -0.820. The maximum Gasteiger partial charge on any atom is 0.234 e. The van der Waals surface area contributed by atoms with Crippen LogP contribution in [0.1, 0.15) is 25.8 Å². The molecule has 1 amide bonds. The number of nitrogens with one attached hydrogen (secondary N) is 1. The fourth-order valence-corrected chi connectivity index (χ4v) is 1.50. The number of benzene rings is 1. The van der Waals surface area contributed by atoms with Crippen LogP contribution in [0.15, 0.2) is 24.3 Å². The van der Waals surface area contributed by atoms with Crippen LogP contribution in [0.4, 0.5) is 4.39 Å². The van der Waals surface area contributed by atoms with Crippen LogP contribution < -0.4 is 5.32 Å². The van der Waals surface area contributed by atoms with Crippen molar-refractivity contribution >= 4 is 5.91 Å². The first-order valence-corrected chi connectivity index (χ1v) is 4.90. The first-order valence-electron chi connectivity index (χ1n) is 4.90. The van der Waals surface area contributed by atoms with Crippen molar-refractivity contribution in [2.24, 2.45) is 0 Å². The van der Waals surface area contributed by atoms with Gasteiger partial charge in [0.05, 0.1) is 11.6 Å². The normalized spacial score (nSPS) is 10.6. The number of hydrogen-bond donors (Lipinski definition) is 1. The van der Waals surface area contributed by atoms with Crippen LogP contribution in [0.5, 0.6) is 0 Å². The molecule has 0 saturated heterocycles. The number of nitriles is 1. The first-order chi connectivity index (χ1) is 7.47. The lowest BCUT2D eigenvalue weighted by Gasteiger charge is -2.26. The lowest BCUT2D eigenvalue weighted by molar-refractivity contribution is -0.121. The summed E-state index contributed by atoms with van der Waals surface area (Å²) >= 11 is 0. The molecule has 0 aliphatic rings. The number of carbonyl (C=O) groups is 1. The molecular formula is C12H13FN2O. The van der Waals surface area contributed by atoms with E-state index in [2.05, 4.69) is 5.32 Å². The zero-order chi connectivity index (χ0) is 12.2. The van der Waals surface area contributed by atoms with Crippen LogP contribution in [-0.4, -0.2) is 5.91 Å². The summed E-state index contributed by atoms with van der Waals surface area (Å²) in [7, 11) is 0. The Balaban J connectivity index is 2.90. The molecule has 16 heavy (non-hydrogen) atoms. The molecule has 1 rings (SSSR count). The van der Waals surface area contributed by atoms with E-state index in [0.29, 0.717) is 5.56 Å². The molecular weight excluding hydrogens is 207 g/mol. The standard InChI is InChI=1S/C12H13FN2O/c1-12(2,15-11(16)7-8-14)9-5-3-4-6-10(9)13/h3-6H,7H2,1-2H3,(H,15,16). The maximum atomic E-state index is 13.5. The van der Waals surface area contributed by atoms with E-state index < -0.39 is 11.4 Å². The Labute approximate surface area is 93.9 Å². The number of nitrogens with zero attached hydrogens (tertiary/aromatic N) is 1. The smallest absolute Gasteiger partial charge is 0.234 e. The monoisotopic (exact) mass is 220 g/mol. The van der Waals surface area contributed by atoms with Gasteiger partial charge in [0.15, 0.2) is 0 Å². The summed E-state index contributed by atoms with van der Waals surface area (Å²) in [6, 6.07) is 8.00. The molecule has 4 heteroatoms. The molecule has 0 saturated carbocycles. The number of rotatable bonds is 3. The van der Waals surface area contributed by atoms with Crippen molar-refractivity contribution in [3.63, 3.8) is 0 Å². The molecule has 3 nitrogen and oxygen atoms in total. The van der Waals surface area contributed by atoms with Crippen molar-refractivity contribution in [1.82, 2.24) is 5.32 Å². The van der Waals surface area contributed by atoms with E-state index in [0.717, 1.165) is 0 Å². The molecule has 1 N–H and O–H groups in total. The molecule has 0 atom stereocenters. The van der Waals surface area contributed by atoms with Gasteiger partial charge in [-0.1, -0.05) is 18.2 Å². The quantitative estimate of drug-likeness (QED) is 0.848. The Hall–Kier alpha value is -1.89. The van der Waals surface area contributed by atoms with E-state index in [1.807, 2.05) is 0 Å². The topological polar surface area (TPSA) is 52.9 Å². The first kappa shape index (κ1) is 12.2. The third kappa shape index (κ3) is 2.80. The zero-order valence-corrected chi connectivity index (χ0v) is 9.25. The van der Waals surface area contributed by atoms with Gasteiger partial charge in [-0.2, -0.15) is 5.26 Å². The molecule has 0 unspecified atom stereocenters. The highest BCUT2D eigenvalue weighted by atomic mass is 19.1. The highest BCUT2D eigenvalue weighted by Crippen LogP contribution is 2.22. The Morgan fingerprint density at radius 3 is 2.69 bits per heavy atom. The van der Waals surface area contributed by atoms with Crippen molar-refractivity contribution in [1.29, 1.82) is 5.26 Å². The largest absolute Gasteiger partial charge is 0.346 e. The van der Waals surface area contributed by atoms with Crippen molar-refractivity contribution in [2.45, 2.75) is 25.8 Å². The number of halogens is 1. The number of carbonyl (C=O) groups excluding carboxylic acids is 1. The summed E-state index contributed by atoms with van der Waals surface area (Å²) in [5.74, 6) is -0.777. The van der Waals surface area contributed by atoms with Crippen LogP contribution >= 0.6 is 0 Å². The molecule has 0 spiro atoms. The average Bonchev–Trinajstić information content (AvgIpc) is 2.17. The molecule has 0 aliphatic carbocycles. The van der Waals surface area contributed by atoms with Gasteiger partial charge in [0, 0.05) is 5.56 Å². The molecule has 0 radical (unpaired) electrons. The van der Waals surface area contributed by atoms with Crippen LogP contribution in [0.25, 0.3) is 0 Å². The van der Waals surface area contributed by atoms with Crippen molar-refractivity contribution in [2.75, 3.05) is 0 Å². The van der Waals surface area contributed by atoms with Crippen LogP contribution in [0.3, 0.4) is 0 Å². The molecule has 0 bridgehead atoms. The second-order valence-corrected chi connectivity index (χ2v) is 3.99. The van der Waals surface area contributed by atoms with Gasteiger partial charge in [-0.05, 0) is 19.9 Å². The maximum absolute atomic E-state index is 13.5. The van der Waals surface area contributed by atoms with E-state index in [1.54, 1.807) is 38.1 Å². The van der Waals surface area contributed by atoms with Gasteiger partial charge in [-0.15, -0.1) is 0 Å². The molecule has 1 aromatic rings. The van der Waals surface area contributed by atoms with E-state index >= 15 is 0 Å². The van der Waals surface area contributed by atoms with Crippen molar-refractivity contribution < 1.29 is 9.18 Å². The van der Waals surface area contributed by atoms with E-state index in [4.69, 9.17) is 5.26 Å². The van der Waals surface area contributed by atoms with Gasteiger partial charge >= 0.3 is 0 Å². The van der Waals surface area contributed by atoms with Gasteiger partial charge in [-0.3, -0.25) is 4.79 Å². The molecule has 0 aliphatic heterocycles. The summed E-state index contributed by atoms with van der Waals surface area (Å²) in [5, 5.41) is 11.0. The van der Waals surface area contributed by atoms with Gasteiger partial charge in [0.2, 0.25) is 5.91 Å². The second-order valence-electron chi connectivity index (χ2n) is 3.99. The number of hydrogen-bond acceptors (Lipinski definition) is 2. The van der Waals surface area contributed by atoms with Crippen LogP contribution in [0, 0.1) is 17.1 Å². The van der Waals surface area contributed by atoms with Gasteiger partial charge in [0.25, 0.3) is 0 Å². The van der Waals surface area contributed by atoms with Gasteiger partial charge < -0.3 is 5.32 Å². The molecule has 0 fully saturated rings. The summed E-state index contributed by atoms with van der Waals surface area (Å²) in [5.41, 5.74) is -0.416. The van der Waals surface area contributed by atoms with Crippen molar-refractivity contribution in [3.05, 3.63) is 35.6 Å². The van der Waals surface area contributed by atoms with Crippen LogP contribution in [0.2, 0.25) is 0 Å². The lowest BCUT2D eigenvalue weighted by Crippen LogP contribution is -2.41. The Kier molecular flexibility index (Phi) is 3.62. The Bertz CT molecular complexity index is 435. The molecule has 0 aromatic heterocycles. The second kappa shape index (κ2) is 4.75. The fraction of sp³-hybridized carbons (Fsp3) is 0.333. The molecule has 84 valence electrons. The number of amides is 1. The van der Waals surface area contributed by atoms with Gasteiger partial charge in [-0.25, -0.2) is 4.39 Å². The molecule has 1 aromatic carbocycles. The minimum absolute atomic E-state index is 0.224. The molecule has 0 heterocycles. The Morgan fingerprint density at radius 1 is 1.50 bits per heavy atom. The van der Waals surface area contributed by atoms with E-state index in [1.165, 1.54) is 6.07 Å². The average molecular weight is 220 g/mol. The Morgan fingerprint density at radius 2 is 2.12 bits per heavy atom. The van der Waals surface area contributed by atoms with Gasteiger partial charge in [0.1, 0.15) is 12.2 Å². The SMILES string of the molecule is CC(C)(NC(=O)CC#N)c1ccccc1F. The zero-order valence-electron chi connectivity index (χ0n) is 9.25. The predicted octanol–water partition coefficient (Wildman–Crippen LogP) is 2.09. The highest BCUT2D eigenvalue weighted by molar-refractivity contribution is 5.78. The third-order valence-corrected chi connectivity index (χ3v) is 2.24. The summed E-state index contributed by atoms with van der Waals surface area (Å²) in [6.45, 7) is 3.39. The summed E-state index contributed by atoms with van der Waals surface area (Å²) in [4.78, 5) is 11.3. The summed E-state index contributed by atoms with van der Waals surface area (Å²) < 4.78 is 13.5. The third-order valence-electron chi connectivity index (χ3n) is 2.24. The minimum Gasteiger partial charge on any atom is -0.346 e. The van der Waals surface area contributed by atoms with E-state index in [9.17, 15) is 9.18 Å². The predicted molar refractivity (Wildman–Crippen MR) is 57.8 cm³/mol. The van der Waals surface area contributed by atoms with Crippen molar-refractivity contribution in [3.8, 4) is 6.07 Å². The lowest BCUT2D eigenvalue weighted by atomic mass is 9.93. The summed E-state index contributed by atoms with van der Waals surface area (Å²) in [6.07, 6.45) is -0.224. The fourth-order valence-electron chi connectivity index (χ4n) is 1.50. The van der Waals surface area contributed by atoms with Crippen LogP contribution in [-0.2, 0) is 10.3 Å². The van der Waals surface area contributed by atoms with E-state index in [-0.39, 0.29) is 12.2 Å².